The van der Waals surface area contributed by atoms with Gasteiger partial charge in [0.25, 0.3) is 0 Å². The summed E-state index contributed by atoms with van der Waals surface area (Å²) in [6.45, 7) is 7.07. The van der Waals surface area contributed by atoms with Crippen LogP contribution in [0.2, 0.25) is 0 Å². The highest BCUT2D eigenvalue weighted by Crippen LogP contribution is 2.20. The highest BCUT2D eigenvalue weighted by atomic mass is 16.5. The summed E-state index contributed by atoms with van der Waals surface area (Å²) >= 11 is 0. The molecular formula is C16H21N3O. The largest absolute Gasteiger partial charge is 0.497 e. The first-order chi connectivity index (χ1) is 9.49. The van der Waals surface area contributed by atoms with Crippen molar-refractivity contribution in [2.75, 3.05) is 12.4 Å². The minimum atomic E-state index is 0.0261. The summed E-state index contributed by atoms with van der Waals surface area (Å²) in [5.41, 5.74) is 2.16. The lowest BCUT2D eigenvalue weighted by molar-refractivity contribution is 0.414. The summed E-state index contributed by atoms with van der Waals surface area (Å²) in [5, 5.41) is 11.7. The van der Waals surface area contributed by atoms with E-state index in [0.717, 1.165) is 22.8 Å². The Bertz CT molecular complexity index is 559. The molecule has 4 nitrogen and oxygen atoms in total. The zero-order chi connectivity index (χ0) is 14.6. The van der Waals surface area contributed by atoms with Crippen LogP contribution >= 0.6 is 0 Å². The number of nitrogens with one attached hydrogen (secondary N) is 1. The Morgan fingerprint density at radius 1 is 1.10 bits per heavy atom. The summed E-state index contributed by atoms with van der Waals surface area (Å²) in [4.78, 5) is 0. The van der Waals surface area contributed by atoms with Crippen molar-refractivity contribution in [1.82, 2.24) is 10.2 Å². The van der Waals surface area contributed by atoms with Crippen LogP contribution in [0.25, 0.3) is 0 Å². The van der Waals surface area contributed by atoms with Gasteiger partial charge in [0.2, 0.25) is 0 Å². The van der Waals surface area contributed by atoms with Gasteiger partial charge in [-0.25, -0.2) is 0 Å². The minimum absolute atomic E-state index is 0.0261. The molecule has 0 aliphatic heterocycles. The van der Waals surface area contributed by atoms with Crippen LogP contribution in [0.1, 0.15) is 32.0 Å². The minimum Gasteiger partial charge on any atom is -0.497 e. The molecule has 0 amide bonds. The first-order valence-electron chi connectivity index (χ1n) is 6.70. The van der Waals surface area contributed by atoms with Crippen molar-refractivity contribution in [1.29, 1.82) is 0 Å². The lowest BCUT2D eigenvalue weighted by Crippen LogP contribution is -2.14. The van der Waals surface area contributed by atoms with Crippen LogP contribution < -0.4 is 10.1 Å². The van der Waals surface area contributed by atoms with Crippen molar-refractivity contribution >= 4 is 5.82 Å². The highest BCUT2D eigenvalue weighted by Gasteiger charge is 2.15. The van der Waals surface area contributed by atoms with Gasteiger partial charge in [0, 0.05) is 12.0 Å². The molecule has 0 saturated heterocycles. The van der Waals surface area contributed by atoms with Gasteiger partial charge in [-0.1, -0.05) is 32.9 Å². The Hall–Kier alpha value is -2.10. The molecule has 0 aliphatic rings. The molecule has 2 rings (SSSR count). The van der Waals surface area contributed by atoms with Crippen molar-refractivity contribution in [3.05, 3.63) is 47.7 Å². The van der Waals surface area contributed by atoms with Gasteiger partial charge < -0.3 is 10.1 Å². The van der Waals surface area contributed by atoms with Gasteiger partial charge in [-0.3, -0.25) is 0 Å². The fourth-order valence-electron chi connectivity index (χ4n) is 1.80. The summed E-state index contributed by atoms with van der Waals surface area (Å²) in [5.74, 6) is 1.64. The number of nitrogens with zero attached hydrogens (tertiary/aromatic N) is 2. The van der Waals surface area contributed by atoms with E-state index in [0.29, 0.717) is 6.54 Å². The van der Waals surface area contributed by atoms with Crippen LogP contribution in [0.15, 0.2) is 36.4 Å². The maximum absolute atomic E-state index is 5.20. The van der Waals surface area contributed by atoms with E-state index in [2.05, 4.69) is 36.3 Å². The molecule has 2 aromatic rings. The fraction of sp³-hybridized carbons (Fsp3) is 0.375. The smallest absolute Gasteiger partial charge is 0.148 e. The molecule has 1 N–H and O–H groups in total. The van der Waals surface area contributed by atoms with Crippen LogP contribution in [-0.4, -0.2) is 17.3 Å². The fourth-order valence-corrected chi connectivity index (χ4v) is 1.80. The third-order valence-electron chi connectivity index (χ3n) is 3.04. The number of hydrogen-bond acceptors (Lipinski definition) is 4. The van der Waals surface area contributed by atoms with Crippen molar-refractivity contribution in [2.45, 2.75) is 32.7 Å². The molecule has 1 aromatic carbocycles. The van der Waals surface area contributed by atoms with Gasteiger partial charge in [-0.2, -0.15) is 5.10 Å². The standard InChI is InChI=1S/C16H21N3O/c1-16(2,3)14-8-9-15(19-18-14)17-11-12-6-5-7-13(10-12)20-4/h5-10H,11H2,1-4H3,(H,17,19). The molecule has 1 aromatic heterocycles. The van der Waals surface area contributed by atoms with E-state index in [9.17, 15) is 0 Å². The van der Waals surface area contributed by atoms with Crippen molar-refractivity contribution in [3.8, 4) is 5.75 Å². The molecular weight excluding hydrogens is 250 g/mol. The van der Waals surface area contributed by atoms with E-state index in [4.69, 9.17) is 4.74 Å². The van der Waals surface area contributed by atoms with Crippen LogP contribution in [0.4, 0.5) is 5.82 Å². The summed E-state index contributed by atoms with van der Waals surface area (Å²) in [6.07, 6.45) is 0. The normalized spacial score (nSPS) is 11.2. The van der Waals surface area contributed by atoms with Gasteiger partial charge in [-0.15, -0.1) is 5.10 Å². The first-order valence-corrected chi connectivity index (χ1v) is 6.70. The molecule has 20 heavy (non-hydrogen) atoms. The third-order valence-corrected chi connectivity index (χ3v) is 3.04. The molecule has 0 bridgehead atoms. The van der Waals surface area contributed by atoms with Crippen molar-refractivity contribution < 1.29 is 4.74 Å². The highest BCUT2D eigenvalue weighted by molar-refractivity contribution is 5.37. The first kappa shape index (κ1) is 14.3. The van der Waals surface area contributed by atoms with Crippen LogP contribution in [0, 0.1) is 0 Å². The molecule has 0 radical (unpaired) electrons. The van der Waals surface area contributed by atoms with E-state index in [-0.39, 0.29) is 5.41 Å². The molecule has 4 heteroatoms. The van der Waals surface area contributed by atoms with Gasteiger partial charge in [-0.05, 0) is 29.8 Å². The Kier molecular flexibility index (Phi) is 4.23. The predicted molar refractivity (Wildman–Crippen MR) is 81.1 cm³/mol. The monoisotopic (exact) mass is 271 g/mol. The van der Waals surface area contributed by atoms with E-state index >= 15 is 0 Å². The average Bonchev–Trinajstić information content (AvgIpc) is 2.45. The van der Waals surface area contributed by atoms with Gasteiger partial charge >= 0.3 is 0 Å². The second kappa shape index (κ2) is 5.90. The number of anilines is 1. The Morgan fingerprint density at radius 2 is 1.90 bits per heavy atom. The number of benzene rings is 1. The molecule has 0 aliphatic carbocycles. The molecule has 0 spiro atoms. The van der Waals surface area contributed by atoms with Crippen LogP contribution in [0.5, 0.6) is 5.75 Å². The van der Waals surface area contributed by atoms with Gasteiger partial charge in [0.15, 0.2) is 0 Å². The lowest BCUT2D eigenvalue weighted by Gasteiger charge is -2.16. The summed E-state index contributed by atoms with van der Waals surface area (Å²) in [7, 11) is 1.67. The maximum Gasteiger partial charge on any atom is 0.148 e. The molecule has 0 unspecified atom stereocenters. The van der Waals surface area contributed by atoms with Crippen LogP contribution in [0.3, 0.4) is 0 Å². The van der Waals surface area contributed by atoms with Crippen LogP contribution in [-0.2, 0) is 12.0 Å². The van der Waals surface area contributed by atoms with E-state index < -0.39 is 0 Å². The third kappa shape index (κ3) is 3.70. The molecule has 1 heterocycles. The Balaban J connectivity index is 2.00. The number of rotatable bonds is 4. The Morgan fingerprint density at radius 3 is 2.50 bits per heavy atom. The molecule has 0 atom stereocenters. The number of methoxy groups -OCH3 is 1. The lowest BCUT2D eigenvalue weighted by atomic mass is 9.92. The van der Waals surface area contributed by atoms with E-state index in [1.165, 1.54) is 0 Å². The van der Waals surface area contributed by atoms with E-state index in [1.54, 1.807) is 7.11 Å². The summed E-state index contributed by atoms with van der Waals surface area (Å²) < 4.78 is 5.20. The van der Waals surface area contributed by atoms with Crippen molar-refractivity contribution in [2.24, 2.45) is 0 Å². The van der Waals surface area contributed by atoms with Gasteiger partial charge in [0.1, 0.15) is 11.6 Å². The predicted octanol–water partition coefficient (Wildman–Crippen LogP) is 3.39. The quantitative estimate of drug-likeness (QED) is 0.926. The zero-order valence-electron chi connectivity index (χ0n) is 12.5. The van der Waals surface area contributed by atoms with E-state index in [1.807, 2.05) is 36.4 Å². The Labute approximate surface area is 120 Å². The number of aromatic nitrogens is 2. The molecule has 106 valence electrons. The molecule has 0 saturated carbocycles. The average molecular weight is 271 g/mol. The van der Waals surface area contributed by atoms with Gasteiger partial charge in [0.05, 0.1) is 12.8 Å². The maximum atomic E-state index is 5.20. The second-order valence-corrected chi connectivity index (χ2v) is 5.76. The number of hydrogen-bond donors (Lipinski definition) is 1. The number of ether oxygens (including phenoxy) is 1. The SMILES string of the molecule is COc1cccc(CNc2ccc(C(C)(C)C)nn2)c1. The second-order valence-electron chi connectivity index (χ2n) is 5.76. The van der Waals surface area contributed by atoms with Crippen molar-refractivity contribution in [3.63, 3.8) is 0 Å². The summed E-state index contributed by atoms with van der Waals surface area (Å²) in [6, 6.07) is 11.9. The molecule has 0 fully saturated rings. The zero-order valence-corrected chi connectivity index (χ0v) is 12.5. The topological polar surface area (TPSA) is 47.0 Å².